The molecule has 1 N–H and O–H groups in total. The van der Waals surface area contributed by atoms with E-state index in [0.717, 1.165) is 5.56 Å². The maximum atomic E-state index is 11.3. The van der Waals surface area contributed by atoms with E-state index in [9.17, 15) is 4.79 Å². The second kappa shape index (κ2) is 6.51. The molecule has 88 valence electrons. The van der Waals surface area contributed by atoms with Crippen molar-refractivity contribution in [2.24, 2.45) is 0 Å². The SMILES string of the molecule is CCOC(=O)C(C)NCc1ccc(Cl)cc1. The molecular formula is C12H16ClNO2. The topological polar surface area (TPSA) is 38.3 Å². The summed E-state index contributed by atoms with van der Waals surface area (Å²) in [7, 11) is 0. The Bertz CT molecular complexity index is 337. The number of rotatable bonds is 5. The zero-order chi connectivity index (χ0) is 12.0. The van der Waals surface area contributed by atoms with Gasteiger partial charge in [0.1, 0.15) is 6.04 Å². The molecule has 0 saturated heterocycles. The van der Waals surface area contributed by atoms with Gasteiger partial charge < -0.3 is 10.1 Å². The van der Waals surface area contributed by atoms with Gasteiger partial charge in [-0.15, -0.1) is 0 Å². The summed E-state index contributed by atoms with van der Waals surface area (Å²) in [6.45, 7) is 4.61. The number of esters is 1. The van der Waals surface area contributed by atoms with Gasteiger partial charge in [0.15, 0.2) is 0 Å². The lowest BCUT2D eigenvalue weighted by Crippen LogP contribution is -2.34. The second-order valence-electron chi connectivity index (χ2n) is 3.48. The van der Waals surface area contributed by atoms with Crippen LogP contribution in [-0.2, 0) is 16.1 Å². The Hall–Kier alpha value is -1.06. The van der Waals surface area contributed by atoms with Gasteiger partial charge in [-0.1, -0.05) is 23.7 Å². The van der Waals surface area contributed by atoms with Crippen molar-refractivity contribution in [1.82, 2.24) is 5.32 Å². The van der Waals surface area contributed by atoms with Crippen molar-refractivity contribution < 1.29 is 9.53 Å². The van der Waals surface area contributed by atoms with Crippen LogP contribution in [0.1, 0.15) is 19.4 Å². The summed E-state index contributed by atoms with van der Waals surface area (Å²) < 4.78 is 4.89. The fourth-order valence-corrected chi connectivity index (χ4v) is 1.35. The Balaban J connectivity index is 2.39. The van der Waals surface area contributed by atoms with Crippen LogP contribution in [0.5, 0.6) is 0 Å². The average molecular weight is 242 g/mol. The van der Waals surface area contributed by atoms with Crippen molar-refractivity contribution in [3.63, 3.8) is 0 Å². The van der Waals surface area contributed by atoms with Gasteiger partial charge in [-0.25, -0.2) is 0 Å². The fraction of sp³-hybridized carbons (Fsp3) is 0.417. The first-order valence-corrected chi connectivity index (χ1v) is 5.65. The number of halogens is 1. The normalized spacial score (nSPS) is 12.2. The summed E-state index contributed by atoms with van der Waals surface area (Å²) in [5.41, 5.74) is 1.08. The summed E-state index contributed by atoms with van der Waals surface area (Å²) >= 11 is 5.77. The van der Waals surface area contributed by atoms with Crippen LogP contribution in [0.3, 0.4) is 0 Å². The highest BCUT2D eigenvalue weighted by Crippen LogP contribution is 2.09. The maximum absolute atomic E-state index is 11.3. The molecule has 0 amide bonds. The third-order valence-corrected chi connectivity index (χ3v) is 2.42. The van der Waals surface area contributed by atoms with Crippen LogP contribution in [0.4, 0.5) is 0 Å². The van der Waals surface area contributed by atoms with Gasteiger partial charge in [-0.2, -0.15) is 0 Å². The molecule has 4 heteroatoms. The van der Waals surface area contributed by atoms with Crippen LogP contribution in [0.2, 0.25) is 5.02 Å². The molecule has 1 unspecified atom stereocenters. The van der Waals surface area contributed by atoms with Crippen molar-refractivity contribution in [1.29, 1.82) is 0 Å². The molecule has 1 aromatic carbocycles. The predicted octanol–water partition coefficient (Wildman–Crippen LogP) is 2.38. The van der Waals surface area contributed by atoms with Crippen molar-refractivity contribution in [2.45, 2.75) is 26.4 Å². The van der Waals surface area contributed by atoms with Gasteiger partial charge in [0, 0.05) is 11.6 Å². The summed E-state index contributed by atoms with van der Waals surface area (Å²) in [6.07, 6.45) is 0. The lowest BCUT2D eigenvalue weighted by atomic mass is 10.2. The minimum Gasteiger partial charge on any atom is -0.465 e. The Morgan fingerprint density at radius 1 is 1.44 bits per heavy atom. The van der Waals surface area contributed by atoms with E-state index in [1.54, 1.807) is 13.8 Å². The molecule has 16 heavy (non-hydrogen) atoms. The predicted molar refractivity (Wildman–Crippen MR) is 64.4 cm³/mol. The number of hydrogen-bond donors (Lipinski definition) is 1. The van der Waals surface area contributed by atoms with Gasteiger partial charge in [0.05, 0.1) is 6.61 Å². The molecule has 1 aromatic rings. The van der Waals surface area contributed by atoms with Crippen molar-refractivity contribution in [3.8, 4) is 0 Å². The number of nitrogens with one attached hydrogen (secondary N) is 1. The molecule has 0 radical (unpaired) electrons. The zero-order valence-corrected chi connectivity index (χ0v) is 10.3. The van der Waals surface area contributed by atoms with Gasteiger partial charge >= 0.3 is 5.97 Å². The van der Waals surface area contributed by atoms with Gasteiger partial charge in [-0.05, 0) is 31.5 Å². The molecule has 0 aliphatic heterocycles. The standard InChI is InChI=1S/C12H16ClNO2/c1-3-16-12(15)9(2)14-8-10-4-6-11(13)7-5-10/h4-7,9,14H,3,8H2,1-2H3. The second-order valence-corrected chi connectivity index (χ2v) is 3.92. The molecular weight excluding hydrogens is 226 g/mol. The molecule has 0 saturated carbocycles. The smallest absolute Gasteiger partial charge is 0.322 e. The first-order chi connectivity index (χ1) is 7.63. The van der Waals surface area contributed by atoms with Crippen LogP contribution in [-0.4, -0.2) is 18.6 Å². The van der Waals surface area contributed by atoms with Crippen molar-refractivity contribution >= 4 is 17.6 Å². The molecule has 1 rings (SSSR count). The molecule has 0 aliphatic carbocycles. The monoisotopic (exact) mass is 241 g/mol. The Morgan fingerprint density at radius 3 is 2.62 bits per heavy atom. The molecule has 0 aromatic heterocycles. The van der Waals surface area contributed by atoms with E-state index < -0.39 is 0 Å². The highest BCUT2D eigenvalue weighted by atomic mass is 35.5. The molecule has 0 spiro atoms. The van der Waals surface area contributed by atoms with E-state index in [1.807, 2.05) is 24.3 Å². The highest BCUT2D eigenvalue weighted by Gasteiger charge is 2.12. The van der Waals surface area contributed by atoms with Crippen molar-refractivity contribution in [3.05, 3.63) is 34.9 Å². The molecule has 1 atom stereocenters. The molecule has 0 aliphatic rings. The van der Waals surface area contributed by atoms with E-state index in [0.29, 0.717) is 18.2 Å². The minimum absolute atomic E-state index is 0.225. The lowest BCUT2D eigenvalue weighted by Gasteiger charge is -2.12. The van der Waals surface area contributed by atoms with Crippen molar-refractivity contribution in [2.75, 3.05) is 6.61 Å². The van der Waals surface area contributed by atoms with Crippen LogP contribution in [0, 0.1) is 0 Å². The Labute approximate surface area is 101 Å². The number of carbonyl (C=O) groups is 1. The number of hydrogen-bond acceptors (Lipinski definition) is 3. The quantitative estimate of drug-likeness (QED) is 0.805. The van der Waals surface area contributed by atoms with Crippen LogP contribution < -0.4 is 5.32 Å². The van der Waals surface area contributed by atoms with Crippen LogP contribution >= 0.6 is 11.6 Å². The summed E-state index contributed by atoms with van der Waals surface area (Å²) in [6, 6.07) is 7.21. The Kier molecular flexibility index (Phi) is 5.29. The summed E-state index contributed by atoms with van der Waals surface area (Å²) in [5, 5.41) is 3.80. The van der Waals surface area contributed by atoms with Gasteiger partial charge in [0.2, 0.25) is 0 Å². The fourth-order valence-electron chi connectivity index (χ4n) is 1.22. The first kappa shape index (κ1) is 13.0. The largest absolute Gasteiger partial charge is 0.465 e. The highest BCUT2D eigenvalue weighted by molar-refractivity contribution is 6.30. The number of ether oxygens (including phenoxy) is 1. The molecule has 3 nitrogen and oxygen atoms in total. The maximum Gasteiger partial charge on any atom is 0.322 e. The van der Waals surface area contributed by atoms with Crippen LogP contribution in [0.15, 0.2) is 24.3 Å². The summed E-state index contributed by atoms with van der Waals surface area (Å²) in [5.74, 6) is -0.225. The van der Waals surface area contributed by atoms with E-state index in [-0.39, 0.29) is 12.0 Å². The van der Waals surface area contributed by atoms with Gasteiger partial charge in [-0.3, -0.25) is 4.79 Å². The Morgan fingerprint density at radius 2 is 2.06 bits per heavy atom. The minimum atomic E-state index is -0.296. The lowest BCUT2D eigenvalue weighted by molar-refractivity contribution is -0.145. The van der Waals surface area contributed by atoms with E-state index in [1.165, 1.54) is 0 Å². The molecule has 0 fully saturated rings. The van der Waals surface area contributed by atoms with Crippen LogP contribution in [0.25, 0.3) is 0 Å². The zero-order valence-electron chi connectivity index (χ0n) is 9.50. The number of benzene rings is 1. The first-order valence-electron chi connectivity index (χ1n) is 5.28. The van der Waals surface area contributed by atoms with E-state index >= 15 is 0 Å². The van der Waals surface area contributed by atoms with Gasteiger partial charge in [0.25, 0.3) is 0 Å². The summed E-state index contributed by atoms with van der Waals surface area (Å²) in [4.78, 5) is 11.3. The third kappa shape index (κ3) is 4.21. The third-order valence-electron chi connectivity index (χ3n) is 2.17. The average Bonchev–Trinajstić information content (AvgIpc) is 2.28. The van der Waals surface area contributed by atoms with E-state index in [2.05, 4.69) is 5.32 Å². The van der Waals surface area contributed by atoms with E-state index in [4.69, 9.17) is 16.3 Å². The molecule has 0 bridgehead atoms. The molecule has 0 heterocycles. The number of carbonyl (C=O) groups excluding carboxylic acids is 1.